The number of hydrazine groups is 1. The van der Waals surface area contributed by atoms with E-state index in [1.807, 2.05) is 0 Å². The lowest BCUT2D eigenvalue weighted by molar-refractivity contribution is -0.269. The molecule has 0 spiro atoms. The molecule has 0 amide bonds. The van der Waals surface area contributed by atoms with Gasteiger partial charge in [-0.1, -0.05) is 13.8 Å². The maximum absolute atomic E-state index is 2.67. The Morgan fingerprint density at radius 1 is 0.952 bits per heavy atom. The van der Waals surface area contributed by atoms with E-state index < -0.39 is 0 Å². The first-order chi connectivity index (χ1) is 9.82. The van der Waals surface area contributed by atoms with Crippen LogP contribution in [-0.2, 0) is 0 Å². The van der Waals surface area contributed by atoms with Gasteiger partial charge in [-0.3, -0.25) is 9.80 Å². The van der Waals surface area contributed by atoms with Crippen molar-refractivity contribution in [2.24, 2.45) is 0 Å². The lowest BCUT2D eigenvalue weighted by Crippen LogP contribution is -2.74. The largest absolute Gasteiger partial charge is 0.278 e. The molecule has 1 saturated heterocycles. The summed E-state index contributed by atoms with van der Waals surface area (Å²) in [6.07, 6.45) is 3.83. The van der Waals surface area contributed by atoms with E-state index in [4.69, 9.17) is 0 Å². The Morgan fingerprint density at radius 3 is 1.86 bits per heavy atom. The van der Waals surface area contributed by atoms with Gasteiger partial charge in [0.2, 0.25) is 0 Å². The Hall–Kier alpha value is -0.160. The van der Waals surface area contributed by atoms with Gasteiger partial charge in [0.25, 0.3) is 0 Å². The van der Waals surface area contributed by atoms with E-state index in [0.717, 1.165) is 19.6 Å². The fourth-order valence-corrected chi connectivity index (χ4v) is 4.17. The lowest BCUT2D eigenvalue weighted by atomic mass is 10.0. The van der Waals surface area contributed by atoms with Crippen molar-refractivity contribution < 1.29 is 0 Å². The first-order valence-corrected chi connectivity index (χ1v) is 8.81. The summed E-state index contributed by atoms with van der Waals surface area (Å²) in [6, 6.07) is 1.05. The average molecular weight is 299 g/mol. The molecule has 0 N–H and O–H groups in total. The van der Waals surface area contributed by atoms with Crippen LogP contribution in [0.3, 0.4) is 0 Å². The van der Waals surface area contributed by atoms with Crippen molar-refractivity contribution >= 4 is 0 Å². The molecule has 0 aromatic heterocycles. The molecule has 0 radical (unpaired) electrons. The van der Waals surface area contributed by atoms with Crippen LogP contribution in [0.25, 0.3) is 0 Å². The quantitative estimate of drug-likeness (QED) is 0.670. The molecule has 0 saturated carbocycles. The number of hydrogen-bond acceptors (Lipinski definition) is 4. The normalized spacial score (nSPS) is 25.0. The second kappa shape index (κ2) is 7.91. The standard InChI is InChI=1S/C17H38N4/c1-9-19(10-2)17(18(7)8)13-11-12-14-20(17)21(15(3)4)16(5)6/h15-16H,9-14H2,1-8H3. The first-order valence-electron chi connectivity index (χ1n) is 8.81. The van der Waals surface area contributed by atoms with Gasteiger partial charge in [0, 0.05) is 18.6 Å². The Balaban J connectivity index is 3.28. The molecule has 1 unspecified atom stereocenters. The molecule has 21 heavy (non-hydrogen) atoms. The van der Waals surface area contributed by atoms with Crippen LogP contribution >= 0.6 is 0 Å². The van der Waals surface area contributed by atoms with E-state index in [0.29, 0.717) is 12.1 Å². The molecule has 1 aliphatic rings. The molecule has 0 aromatic rings. The van der Waals surface area contributed by atoms with Crippen molar-refractivity contribution in [1.29, 1.82) is 0 Å². The molecule has 0 aliphatic carbocycles. The van der Waals surface area contributed by atoms with Crippen molar-refractivity contribution in [3.8, 4) is 0 Å². The van der Waals surface area contributed by atoms with Gasteiger partial charge in [0.15, 0.2) is 0 Å². The smallest absolute Gasteiger partial charge is 0.143 e. The molecule has 4 nitrogen and oxygen atoms in total. The van der Waals surface area contributed by atoms with Crippen LogP contribution in [0.4, 0.5) is 0 Å². The second-order valence-electron chi connectivity index (χ2n) is 6.99. The lowest BCUT2D eigenvalue weighted by Gasteiger charge is -2.60. The molecule has 1 rings (SSSR count). The van der Waals surface area contributed by atoms with Crippen LogP contribution in [0, 0.1) is 0 Å². The molecule has 0 aromatic carbocycles. The summed E-state index contributed by atoms with van der Waals surface area (Å²) < 4.78 is 0. The second-order valence-corrected chi connectivity index (χ2v) is 6.99. The van der Waals surface area contributed by atoms with Gasteiger partial charge in [-0.05, 0) is 74.1 Å². The van der Waals surface area contributed by atoms with Crippen LogP contribution < -0.4 is 0 Å². The van der Waals surface area contributed by atoms with Gasteiger partial charge >= 0.3 is 0 Å². The van der Waals surface area contributed by atoms with Gasteiger partial charge in [0.05, 0.1) is 0 Å². The summed E-state index contributed by atoms with van der Waals surface area (Å²) in [5.74, 6) is 0.0241. The highest BCUT2D eigenvalue weighted by atomic mass is 15.8. The fourth-order valence-electron chi connectivity index (χ4n) is 4.17. The Bertz CT molecular complexity index is 291. The van der Waals surface area contributed by atoms with Crippen LogP contribution in [-0.4, -0.2) is 71.4 Å². The zero-order valence-corrected chi connectivity index (χ0v) is 15.7. The summed E-state index contributed by atoms with van der Waals surface area (Å²) in [5.41, 5.74) is 0. The number of rotatable bonds is 7. The van der Waals surface area contributed by atoms with Gasteiger partial charge in [-0.15, -0.1) is 0 Å². The minimum absolute atomic E-state index is 0.0241. The molecule has 1 aliphatic heterocycles. The predicted octanol–water partition coefficient (Wildman–Crippen LogP) is 3.06. The zero-order chi connectivity index (χ0) is 16.2. The Labute approximate surface area is 133 Å². The van der Waals surface area contributed by atoms with Gasteiger partial charge in [-0.25, -0.2) is 10.0 Å². The van der Waals surface area contributed by atoms with Crippen molar-refractivity contribution in [3.05, 3.63) is 0 Å². The van der Waals surface area contributed by atoms with Crippen LogP contribution in [0.1, 0.15) is 60.8 Å². The fraction of sp³-hybridized carbons (Fsp3) is 1.00. The van der Waals surface area contributed by atoms with Gasteiger partial charge in [0.1, 0.15) is 5.79 Å². The maximum Gasteiger partial charge on any atom is 0.143 e. The monoisotopic (exact) mass is 298 g/mol. The van der Waals surface area contributed by atoms with Crippen molar-refractivity contribution in [1.82, 2.24) is 19.8 Å². The number of nitrogens with zero attached hydrogens (tertiary/aromatic N) is 4. The SMILES string of the molecule is CCN(CC)C1(N(C)C)CCCCN1N(C(C)C)C(C)C. The van der Waals surface area contributed by atoms with Crippen molar-refractivity contribution in [2.75, 3.05) is 33.7 Å². The third kappa shape index (κ3) is 3.61. The van der Waals surface area contributed by atoms with Crippen LogP contribution in [0.5, 0.6) is 0 Å². The van der Waals surface area contributed by atoms with E-state index in [2.05, 4.69) is 75.5 Å². The topological polar surface area (TPSA) is 13.0 Å². The Morgan fingerprint density at radius 2 is 1.48 bits per heavy atom. The highest BCUT2D eigenvalue weighted by Gasteiger charge is 2.48. The third-order valence-electron chi connectivity index (χ3n) is 4.87. The first kappa shape index (κ1) is 18.9. The minimum Gasteiger partial charge on any atom is -0.278 e. The highest BCUT2D eigenvalue weighted by Crippen LogP contribution is 2.36. The molecule has 1 fully saturated rings. The van der Waals surface area contributed by atoms with E-state index in [1.165, 1.54) is 19.3 Å². The molecule has 4 heteroatoms. The molecule has 0 bridgehead atoms. The Kier molecular flexibility index (Phi) is 7.11. The van der Waals surface area contributed by atoms with E-state index in [9.17, 15) is 0 Å². The molecule has 1 heterocycles. The van der Waals surface area contributed by atoms with Gasteiger partial charge in [-0.2, -0.15) is 0 Å². The summed E-state index contributed by atoms with van der Waals surface area (Å²) in [6.45, 7) is 17.2. The van der Waals surface area contributed by atoms with Crippen molar-refractivity contribution in [3.63, 3.8) is 0 Å². The number of piperidine rings is 1. The van der Waals surface area contributed by atoms with E-state index in [1.54, 1.807) is 0 Å². The third-order valence-corrected chi connectivity index (χ3v) is 4.87. The summed E-state index contributed by atoms with van der Waals surface area (Å²) in [5, 5.41) is 5.26. The van der Waals surface area contributed by atoms with Crippen LogP contribution in [0.15, 0.2) is 0 Å². The van der Waals surface area contributed by atoms with Crippen molar-refractivity contribution in [2.45, 2.75) is 78.7 Å². The zero-order valence-electron chi connectivity index (χ0n) is 15.7. The average Bonchev–Trinajstić information content (AvgIpc) is 2.40. The van der Waals surface area contributed by atoms with E-state index >= 15 is 0 Å². The summed E-state index contributed by atoms with van der Waals surface area (Å²) in [4.78, 5) is 5.07. The summed E-state index contributed by atoms with van der Waals surface area (Å²) >= 11 is 0. The molecular weight excluding hydrogens is 260 g/mol. The summed E-state index contributed by atoms with van der Waals surface area (Å²) in [7, 11) is 4.49. The maximum atomic E-state index is 2.67. The molecule has 126 valence electrons. The molecule has 1 atom stereocenters. The van der Waals surface area contributed by atoms with Gasteiger partial charge < -0.3 is 0 Å². The van der Waals surface area contributed by atoms with E-state index in [-0.39, 0.29) is 5.79 Å². The number of hydrogen-bond donors (Lipinski definition) is 0. The highest BCUT2D eigenvalue weighted by molar-refractivity contribution is 4.91. The molecular formula is C17H38N4. The minimum atomic E-state index is 0.0241. The predicted molar refractivity (Wildman–Crippen MR) is 92.0 cm³/mol. The van der Waals surface area contributed by atoms with Crippen LogP contribution in [0.2, 0.25) is 0 Å².